The van der Waals surface area contributed by atoms with E-state index >= 15 is 0 Å². The first-order chi connectivity index (χ1) is 9.11. The third-order valence-electron chi connectivity index (χ3n) is 3.55. The highest BCUT2D eigenvalue weighted by Gasteiger charge is 2.25. The van der Waals surface area contributed by atoms with E-state index in [0.717, 1.165) is 18.1 Å². The van der Waals surface area contributed by atoms with Crippen molar-refractivity contribution in [3.05, 3.63) is 22.7 Å². The van der Waals surface area contributed by atoms with Crippen LogP contribution in [0.4, 0.5) is 5.82 Å². The van der Waals surface area contributed by atoms with Crippen molar-refractivity contribution in [3.63, 3.8) is 0 Å². The summed E-state index contributed by atoms with van der Waals surface area (Å²) in [5, 5.41) is 4.07. The fraction of sp³-hybridized carbons (Fsp3) is 0.714. The summed E-state index contributed by atoms with van der Waals surface area (Å²) < 4.78 is 1.72. The Hall–Kier alpha value is -0.970. The molecule has 5 heteroatoms. The van der Waals surface area contributed by atoms with E-state index in [-0.39, 0.29) is 11.6 Å². The summed E-state index contributed by atoms with van der Waals surface area (Å²) in [5.74, 6) is 1.67. The third kappa shape index (κ3) is 3.53. The number of anilines is 1. The van der Waals surface area contributed by atoms with E-state index < -0.39 is 0 Å². The molecule has 0 aliphatic heterocycles. The van der Waals surface area contributed by atoms with Gasteiger partial charge in [0.05, 0.1) is 0 Å². The largest absolute Gasteiger partial charge is 0.363 e. The molecule has 1 aromatic heterocycles. The van der Waals surface area contributed by atoms with Crippen LogP contribution in [0.3, 0.4) is 0 Å². The smallest absolute Gasteiger partial charge is 0.293 e. The van der Waals surface area contributed by atoms with Crippen molar-refractivity contribution in [3.8, 4) is 0 Å². The van der Waals surface area contributed by atoms with Crippen LogP contribution in [-0.4, -0.2) is 26.6 Å². The van der Waals surface area contributed by atoms with E-state index in [0.29, 0.717) is 11.9 Å². The van der Waals surface area contributed by atoms with Gasteiger partial charge in [0.2, 0.25) is 0 Å². The molecule has 2 unspecified atom stereocenters. The molecule has 1 aliphatic rings. The molecule has 2 atom stereocenters. The van der Waals surface area contributed by atoms with Gasteiger partial charge in [-0.1, -0.05) is 6.92 Å². The molecule has 1 fully saturated rings. The molecule has 0 spiro atoms. The molecule has 106 valence electrons. The highest BCUT2D eigenvalue weighted by molar-refractivity contribution is 7.99. The minimum atomic E-state index is -0.0101. The fourth-order valence-electron chi connectivity index (χ4n) is 2.58. The molecule has 0 radical (unpaired) electrons. The zero-order valence-electron chi connectivity index (χ0n) is 11.9. The van der Waals surface area contributed by atoms with Crippen molar-refractivity contribution in [2.75, 3.05) is 11.1 Å². The number of hydrogen-bond donors (Lipinski definition) is 1. The Balaban J connectivity index is 2.04. The van der Waals surface area contributed by atoms with Gasteiger partial charge in [-0.15, -0.1) is 0 Å². The molecule has 0 bridgehead atoms. The van der Waals surface area contributed by atoms with Gasteiger partial charge in [0.25, 0.3) is 5.56 Å². The Labute approximate surface area is 119 Å². The summed E-state index contributed by atoms with van der Waals surface area (Å²) in [6.07, 6.45) is 6.96. The number of rotatable bonds is 5. The maximum absolute atomic E-state index is 12.2. The highest BCUT2D eigenvalue weighted by Crippen LogP contribution is 2.30. The number of nitrogens with one attached hydrogen (secondary N) is 1. The monoisotopic (exact) mass is 281 g/mol. The van der Waals surface area contributed by atoms with Gasteiger partial charge in [0.15, 0.2) is 5.82 Å². The predicted octanol–water partition coefficient (Wildman–Crippen LogP) is 2.91. The molecule has 1 aliphatic carbocycles. The standard InChI is InChI=1S/C14H23N3OS/c1-4-19-12-6-5-11(9-12)16-13-14(18)17(10(2)3)8-7-15-13/h7-8,10-12H,4-6,9H2,1-3H3,(H,15,16). The van der Waals surface area contributed by atoms with Gasteiger partial charge >= 0.3 is 0 Å². The van der Waals surface area contributed by atoms with E-state index in [2.05, 4.69) is 17.2 Å². The fourth-order valence-corrected chi connectivity index (χ4v) is 3.72. The lowest BCUT2D eigenvalue weighted by atomic mass is 10.2. The van der Waals surface area contributed by atoms with E-state index in [9.17, 15) is 4.79 Å². The normalized spacial score (nSPS) is 22.9. The molecule has 4 nitrogen and oxygen atoms in total. The minimum Gasteiger partial charge on any atom is -0.363 e. The molecular formula is C14H23N3OS. The zero-order valence-corrected chi connectivity index (χ0v) is 12.7. The Morgan fingerprint density at radius 3 is 3.00 bits per heavy atom. The molecule has 2 rings (SSSR count). The number of nitrogens with zero attached hydrogens (tertiary/aromatic N) is 2. The average Bonchev–Trinajstić information content (AvgIpc) is 2.79. The van der Waals surface area contributed by atoms with E-state index in [1.54, 1.807) is 17.0 Å². The summed E-state index contributed by atoms with van der Waals surface area (Å²) in [4.78, 5) is 16.4. The third-order valence-corrected chi connectivity index (χ3v) is 4.78. The molecule has 0 saturated heterocycles. The van der Waals surface area contributed by atoms with Gasteiger partial charge < -0.3 is 9.88 Å². The molecule has 0 aromatic carbocycles. The molecule has 1 heterocycles. The topological polar surface area (TPSA) is 46.9 Å². The van der Waals surface area contributed by atoms with Crippen LogP contribution in [-0.2, 0) is 0 Å². The maximum atomic E-state index is 12.2. The van der Waals surface area contributed by atoms with Crippen LogP contribution in [0.15, 0.2) is 17.2 Å². The average molecular weight is 281 g/mol. The summed E-state index contributed by atoms with van der Waals surface area (Å²) in [6.45, 7) is 6.22. The quantitative estimate of drug-likeness (QED) is 0.901. The maximum Gasteiger partial charge on any atom is 0.293 e. The SMILES string of the molecule is CCSC1CCC(Nc2nccn(C(C)C)c2=O)C1. The van der Waals surface area contributed by atoms with Crippen LogP contribution in [0.2, 0.25) is 0 Å². The zero-order chi connectivity index (χ0) is 13.8. The van der Waals surface area contributed by atoms with Crippen LogP contribution in [0.25, 0.3) is 0 Å². The van der Waals surface area contributed by atoms with Gasteiger partial charge in [-0.2, -0.15) is 11.8 Å². The van der Waals surface area contributed by atoms with Gasteiger partial charge in [-0.25, -0.2) is 4.98 Å². The van der Waals surface area contributed by atoms with Crippen LogP contribution in [0.1, 0.15) is 46.1 Å². The summed E-state index contributed by atoms with van der Waals surface area (Å²) in [7, 11) is 0. The molecule has 0 amide bonds. The van der Waals surface area contributed by atoms with E-state index in [1.165, 1.54) is 12.2 Å². The van der Waals surface area contributed by atoms with E-state index in [4.69, 9.17) is 0 Å². The Kier molecular flexibility index (Phi) is 4.91. The van der Waals surface area contributed by atoms with Crippen LogP contribution in [0, 0.1) is 0 Å². The number of hydrogen-bond acceptors (Lipinski definition) is 4. The van der Waals surface area contributed by atoms with Crippen LogP contribution in [0.5, 0.6) is 0 Å². The van der Waals surface area contributed by atoms with Crippen molar-refractivity contribution in [1.82, 2.24) is 9.55 Å². The molecule has 1 aromatic rings. The lowest BCUT2D eigenvalue weighted by Gasteiger charge is -2.15. The number of thioether (sulfide) groups is 1. The predicted molar refractivity (Wildman–Crippen MR) is 82.1 cm³/mol. The second-order valence-electron chi connectivity index (χ2n) is 5.31. The first-order valence-corrected chi connectivity index (χ1v) is 8.12. The Morgan fingerprint density at radius 1 is 1.53 bits per heavy atom. The first-order valence-electron chi connectivity index (χ1n) is 7.07. The van der Waals surface area contributed by atoms with Gasteiger partial charge in [-0.3, -0.25) is 4.79 Å². The summed E-state index contributed by atoms with van der Waals surface area (Å²) in [5.41, 5.74) is -0.0101. The molecule has 1 N–H and O–H groups in total. The van der Waals surface area contributed by atoms with Crippen LogP contribution >= 0.6 is 11.8 Å². The Bertz CT molecular complexity index is 472. The van der Waals surface area contributed by atoms with Crippen molar-refractivity contribution >= 4 is 17.6 Å². The summed E-state index contributed by atoms with van der Waals surface area (Å²) >= 11 is 2.02. The minimum absolute atomic E-state index is 0.0101. The van der Waals surface area contributed by atoms with Crippen molar-refractivity contribution < 1.29 is 0 Å². The van der Waals surface area contributed by atoms with E-state index in [1.807, 2.05) is 25.6 Å². The number of aromatic nitrogens is 2. The van der Waals surface area contributed by atoms with Crippen molar-refractivity contribution in [2.45, 2.75) is 57.4 Å². The van der Waals surface area contributed by atoms with Crippen molar-refractivity contribution in [1.29, 1.82) is 0 Å². The molecular weight excluding hydrogens is 258 g/mol. The molecule has 1 saturated carbocycles. The lowest BCUT2D eigenvalue weighted by Crippen LogP contribution is -2.29. The first kappa shape index (κ1) is 14.4. The lowest BCUT2D eigenvalue weighted by molar-refractivity contribution is 0.573. The van der Waals surface area contributed by atoms with Crippen LogP contribution < -0.4 is 10.9 Å². The Morgan fingerprint density at radius 2 is 2.32 bits per heavy atom. The van der Waals surface area contributed by atoms with Crippen molar-refractivity contribution in [2.24, 2.45) is 0 Å². The second kappa shape index (κ2) is 6.46. The highest BCUT2D eigenvalue weighted by atomic mass is 32.2. The molecule has 19 heavy (non-hydrogen) atoms. The van der Waals surface area contributed by atoms with Gasteiger partial charge in [-0.05, 0) is 38.9 Å². The van der Waals surface area contributed by atoms with Gasteiger partial charge in [0.1, 0.15) is 0 Å². The van der Waals surface area contributed by atoms with Gasteiger partial charge in [0, 0.05) is 29.7 Å². The summed E-state index contributed by atoms with van der Waals surface area (Å²) in [6, 6.07) is 0.565. The second-order valence-corrected chi connectivity index (χ2v) is 6.89.